The fraction of sp³-hybridized carbons (Fsp3) is 0.538. The monoisotopic (exact) mass is 245 g/mol. The van der Waals surface area contributed by atoms with Crippen molar-refractivity contribution < 1.29 is 0 Å². The van der Waals surface area contributed by atoms with Crippen LogP contribution < -0.4 is 10.6 Å². The molecule has 5 nitrogen and oxygen atoms in total. The second-order valence-corrected chi connectivity index (χ2v) is 4.97. The maximum absolute atomic E-state index is 5.67. The van der Waals surface area contributed by atoms with Gasteiger partial charge in [-0.25, -0.2) is 9.97 Å². The number of aromatic amines is 1. The van der Waals surface area contributed by atoms with Crippen molar-refractivity contribution in [2.24, 2.45) is 11.7 Å². The first kappa shape index (κ1) is 11.5. The number of nitrogens with one attached hydrogen (secondary N) is 1. The first-order valence-corrected chi connectivity index (χ1v) is 6.61. The van der Waals surface area contributed by atoms with Crippen LogP contribution in [-0.2, 0) is 0 Å². The van der Waals surface area contributed by atoms with Gasteiger partial charge in [-0.3, -0.25) is 0 Å². The van der Waals surface area contributed by atoms with Gasteiger partial charge in [-0.1, -0.05) is 0 Å². The first-order chi connectivity index (χ1) is 8.88. The van der Waals surface area contributed by atoms with Crippen LogP contribution in [0.25, 0.3) is 11.0 Å². The number of fused-ring (bicyclic) bond motifs is 1. The summed E-state index contributed by atoms with van der Waals surface area (Å²) in [4.78, 5) is 14.2. The molecule has 0 spiro atoms. The molecule has 0 radical (unpaired) electrons. The molecule has 5 heteroatoms. The smallest absolute Gasteiger partial charge is 0.142 e. The summed E-state index contributed by atoms with van der Waals surface area (Å²) in [6.45, 7) is 2.93. The average molecular weight is 245 g/mol. The third-order valence-electron chi connectivity index (χ3n) is 3.73. The number of piperidine rings is 1. The molecule has 1 unspecified atom stereocenters. The van der Waals surface area contributed by atoms with Crippen LogP contribution in [0.5, 0.6) is 0 Å². The highest BCUT2D eigenvalue weighted by molar-refractivity contribution is 5.87. The van der Waals surface area contributed by atoms with Gasteiger partial charge in [-0.05, 0) is 37.8 Å². The lowest BCUT2D eigenvalue weighted by Gasteiger charge is -2.33. The Balaban J connectivity index is 1.87. The minimum Gasteiger partial charge on any atom is -0.356 e. The van der Waals surface area contributed by atoms with Crippen LogP contribution in [-0.4, -0.2) is 34.6 Å². The lowest BCUT2D eigenvalue weighted by Crippen LogP contribution is -2.36. The van der Waals surface area contributed by atoms with E-state index in [1.165, 1.54) is 12.8 Å². The Kier molecular flexibility index (Phi) is 3.15. The maximum atomic E-state index is 5.67. The van der Waals surface area contributed by atoms with Crippen molar-refractivity contribution in [3.8, 4) is 0 Å². The number of nitrogens with zero attached hydrogens (tertiary/aromatic N) is 3. The van der Waals surface area contributed by atoms with Gasteiger partial charge in [0.25, 0.3) is 0 Å². The van der Waals surface area contributed by atoms with Crippen molar-refractivity contribution in [1.29, 1.82) is 0 Å². The molecule has 0 aliphatic carbocycles. The van der Waals surface area contributed by atoms with E-state index in [2.05, 4.69) is 25.9 Å². The van der Waals surface area contributed by atoms with Gasteiger partial charge in [0.05, 0.1) is 5.39 Å². The second-order valence-electron chi connectivity index (χ2n) is 4.97. The van der Waals surface area contributed by atoms with Gasteiger partial charge in [0.1, 0.15) is 17.8 Å². The normalized spacial score (nSPS) is 20.5. The second kappa shape index (κ2) is 4.94. The largest absolute Gasteiger partial charge is 0.356 e. The lowest BCUT2D eigenvalue weighted by molar-refractivity contribution is 0.395. The van der Waals surface area contributed by atoms with Gasteiger partial charge in [0, 0.05) is 19.3 Å². The van der Waals surface area contributed by atoms with Gasteiger partial charge in [-0.2, -0.15) is 0 Å². The van der Waals surface area contributed by atoms with Gasteiger partial charge in [0.2, 0.25) is 0 Å². The number of aromatic nitrogens is 3. The summed E-state index contributed by atoms with van der Waals surface area (Å²) in [5.41, 5.74) is 6.59. The maximum Gasteiger partial charge on any atom is 0.142 e. The summed E-state index contributed by atoms with van der Waals surface area (Å²) in [6, 6.07) is 2.05. The van der Waals surface area contributed by atoms with Crippen molar-refractivity contribution >= 4 is 16.9 Å². The van der Waals surface area contributed by atoms with Crippen molar-refractivity contribution in [1.82, 2.24) is 15.0 Å². The molecule has 18 heavy (non-hydrogen) atoms. The molecule has 0 amide bonds. The Labute approximate surface area is 106 Å². The summed E-state index contributed by atoms with van der Waals surface area (Å²) in [6.07, 6.45) is 7.18. The highest BCUT2D eigenvalue weighted by Crippen LogP contribution is 2.27. The topological polar surface area (TPSA) is 70.8 Å². The van der Waals surface area contributed by atoms with E-state index in [9.17, 15) is 0 Å². The summed E-state index contributed by atoms with van der Waals surface area (Å²) in [5, 5.41) is 1.12. The van der Waals surface area contributed by atoms with E-state index in [4.69, 9.17) is 5.73 Å². The average Bonchev–Trinajstić information content (AvgIpc) is 2.87. The molecule has 0 saturated carbocycles. The third-order valence-corrected chi connectivity index (χ3v) is 3.73. The molecule has 1 aliphatic heterocycles. The van der Waals surface area contributed by atoms with Crippen LogP contribution in [0.4, 0.5) is 5.82 Å². The standard InChI is InChI=1S/C13H19N5/c14-5-3-10-2-1-7-18(8-10)13-11-4-6-15-12(11)16-9-17-13/h4,6,9-10H,1-3,5,7-8,14H2,(H,15,16,17). The molecule has 2 aromatic heterocycles. The van der Waals surface area contributed by atoms with Crippen molar-refractivity contribution in [2.45, 2.75) is 19.3 Å². The molecule has 1 fully saturated rings. The molecule has 3 N–H and O–H groups in total. The molecule has 1 aliphatic rings. The Morgan fingerprint density at radius 1 is 1.44 bits per heavy atom. The Bertz CT molecular complexity index is 519. The number of anilines is 1. The number of hydrogen-bond acceptors (Lipinski definition) is 4. The fourth-order valence-electron chi connectivity index (χ4n) is 2.84. The predicted octanol–water partition coefficient (Wildman–Crippen LogP) is 1.52. The van der Waals surface area contributed by atoms with E-state index < -0.39 is 0 Å². The van der Waals surface area contributed by atoms with Crippen molar-refractivity contribution in [3.63, 3.8) is 0 Å². The highest BCUT2D eigenvalue weighted by Gasteiger charge is 2.21. The van der Waals surface area contributed by atoms with Crippen LogP contribution in [0.2, 0.25) is 0 Å². The lowest BCUT2D eigenvalue weighted by atomic mass is 9.95. The number of hydrogen-bond donors (Lipinski definition) is 2. The van der Waals surface area contributed by atoms with Gasteiger partial charge >= 0.3 is 0 Å². The molecule has 3 heterocycles. The van der Waals surface area contributed by atoms with E-state index in [-0.39, 0.29) is 0 Å². The summed E-state index contributed by atoms with van der Waals surface area (Å²) in [5.74, 6) is 1.76. The van der Waals surface area contributed by atoms with Crippen LogP contribution in [0.15, 0.2) is 18.6 Å². The molecule has 1 saturated heterocycles. The summed E-state index contributed by atoms with van der Waals surface area (Å²) >= 11 is 0. The van der Waals surface area contributed by atoms with Crippen LogP contribution in [0.3, 0.4) is 0 Å². The van der Waals surface area contributed by atoms with E-state index in [1.807, 2.05) is 6.20 Å². The number of rotatable bonds is 3. The Hall–Kier alpha value is -1.62. The van der Waals surface area contributed by atoms with Gasteiger partial charge < -0.3 is 15.6 Å². The minimum atomic E-state index is 0.702. The van der Waals surface area contributed by atoms with E-state index in [1.54, 1.807) is 6.33 Å². The van der Waals surface area contributed by atoms with Crippen molar-refractivity contribution in [2.75, 3.05) is 24.5 Å². The number of H-pyrrole nitrogens is 1. The van der Waals surface area contributed by atoms with Crippen LogP contribution in [0.1, 0.15) is 19.3 Å². The molecule has 0 bridgehead atoms. The fourth-order valence-corrected chi connectivity index (χ4v) is 2.84. The molecule has 3 rings (SSSR count). The zero-order valence-corrected chi connectivity index (χ0v) is 10.5. The number of nitrogens with two attached hydrogens (primary N) is 1. The zero-order valence-electron chi connectivity index (χ0n) is 10.5. The molecule has 96 valence electrons. The summed E-state index contributed by atoms with van der Waals surface area (Å²) < 4.78 is 0. The Morgan fingerprint density at radius 2 is 2.39 bits per heavy atom. The molecule has 1 atom stereocenters. The predicted molar refractivity (Wildman–Crippen MR) is 72.5 cm³/mol. The summed E-state index contributed by atoms with van der Waals surface area (Å²) in [7, 11) is 0. The minimum absolute atomic E-state index is 0.702. The van der Waals surface area contributed by atoms with E-state index in [0.717, 1.165) is 42.9 Å². The van der Waals surface area contributed by atoms with E-state index >= 15 is 0 Å². The van der Waals surface area contributed by atoms with Crippen LogP contribution in [0, 0.1) is 5.92 Å². The van der Waals surface area contributed by atoms with Gasteiger partial charge in [-0.15, -0.1) is 0 Å². The molecular weight excluding hydrogens is 226 g/mol. The quantitative estimate of drug-likeness (QED) is 0.860. The van der Waals surface area contributed by atoms with Crippen molar-refractivity contribution in [3.05, 3.63) is 18.6 Å². The highest BCUT2D eigenvalue weighted by atomic mass is 15.2. The van der Waals surface area contributed by atoms with Crippen LogP contribution >= 0.6 is 0 Å². The zero-order chi connectivity index (χ0) is 12.4. The first-order valence-electron chi connectivity index (χ1n) is 6.61. The Morgan fingerprint density at radius 3 is 3.28 bits per heavy atom. The molecule has 0 aromatic carbocycles. The molecular formula is C13H19N5. The van der Waals surface area contributed by atoms with E-state index in [0.29, 0.717) is 5.92 Å². The van der Waals surface area contributed by atoms with Gasteiger partial charge in [0.15, 0.2) is 0 Å². The SMILES string of the molecule is NCCC1CCCN(c2ncnc3[nH]ccc23)C1. The third kappa shape index (κ3) is 2.06. The molecule has 2 aromatic rings.